The van der Waals surface area contributed by atoms with Crippen LogP contribution in [0.15, 0.2) is 29.3 Å². The van der Waals surface area contributed by atoms with Crippen molar-refractivity contribution in [3.8, 4) is 0 Å². The van der Waals surface area contributed by atoms with Crippen LogP contribution in [0.1, 0.15) is 12.0 Å². The third-order valence-corrected chi connectivity index (χ3v) is 2.42. The van der Waals surface area contributed by atoms with E-state index in [9.17, 15) is 4.79 Å². The summed E-state index contributed by atoms with van der Waals surface area (Å²) in [6.07, 6.45) is 4.30. The van der Waals surface area contributed by atoms with Gasteiger partial charge in [0.2, 0.25) is 0 Å². The minimum absolute atomic E-state index is 0.0648. The zero-order valence-corrected chi connectivity index (χ0v) is 9.71. The topological polar surface area (TPSA) is 78.7 Å². The molecule has 0 saturated carbocycles. The highest BCUT2D eigenvalue weighted by Gasteiger charge is 1.99. The van der Waals surface area contributed by atoms with Crippen molar-refractivity contribution in [2.45, 2.75) is 26.4 Å². The molecule has 0 atom stereocenters. The van der Waals surface area contributed by atoms with Gasteiger partial charge < -0.3 is 5.73 Å². The molecular formula is C11H15N5O. The first kappa shape index (κ1) is 11.4. The predicted octanol–water partition coefficient (Wildman–Crippen LogP) is 0.421. The van der Waals surface area contributed by atoms with Crippen LogP contribution in [0.5, 0.6) is 0 Å². The molecule has 6 nitrogen and oxygen atoms in total. The van der Waals surface area contributed by atoms with E-state index in [4.69, 9.17) is 5.73 Å². The molecule has 0 aromatic carbocycles. The smallest absolute Gasteiger partial charge is 0.266 e. The lowest BCUT2D eigenvalue weighted by Crippen LogP contribution is -2.22. The molecule has 90 valence electrons. The normalized spacial score (nSPS) is 10.6. The molecule has 17 heavy (non-hydrogen) atoms. The maximum atomic E-state index is 11.5. The minimum atomic E-state index is -0.0648. The molecule has 0 unspecified atom stereocenters. The summed E-state index contributed by atoms with van der Waals surface area (Å²) in [6.45, 7) is 3.16. The first-order valence-corrected chi connectivity index (χ1v) is 5.48. The van der Waals surface area contributed by atoms with Gasteiger partial charge in [-0.3, -0.25) is 9.48 Å². The molecule has 0 aliphatic carbocycles. The lowest BCUT2D eigenvalue weighted by atomic mass is 10.3. The van der Waals surface area contributed by atoms with Crippen LogP contribution in [-0.2, 0) is 13.1 Å². The molecule has 2 heterocycles. The number of nitrogens with two attached hydrogens (primary N) is 1. The maximum absolute atomic E-state index is 11.5. The second-order valence-electron chi connectivity index (χ2n) is 3.95. The summed E-state index contributed by atoms with van der Waals surface area (Å²) in [6, 6.07) is 3.33. The average molecular weight is 233 g/mol. The SMILES string of the molecule is Cc1cnn(CCCn2ccc(N)n2)c(=O)c1. The molecule has 2 aromatic heterocycles. The van der Waals surface area contributed by atoms with Crippen LogP contribution in [-0.4, -0.2) is 19.6 Å². The molecule has 0 saturated heterocycles. The summed E-state index contributed by atoms with van der Waals surface area (Å²) in [5.74, 6) is 0.510. The minimum Gasteiger partial charge on any atom is -0.382 e. The van der Waals surface area contributed by atoms with Crippen molar-refractivity contribution >= 4 is 5.82 Å². The summed E-state index contributed by atoms with van der Waals surface area (Å²) in [4.78, 5) is 11.5. The summed E-state index contributed by atoms with van der Waals surface area (Å²) >= 11 is 0. The highest BCUT2D eigenvalue weighted by Crippen LogP contribution is 1.98. The van der Waals surface area contributed by atoms with Gasteiger partial charge in [0.05, 0.1) is 6.20 Å². The molecule has 6 heteroatoms. The van der Waals surface area contributed by atoms with Crippen molar-refractivity contribution in [1.29, 1.82) is 0 Å². The van der Waals surface area contributed by atoms with Crippen molar-refractivity contribution in [1.82, 2.24) is 19.6 Å². The van der Waals surface area contributed by atoms with Gasteiger partial charge in [-0.05, 0) is 25.0 Å². The van der Waals surface area contributed by atoms with E-state index in [-0.39, 0.29) is 5.56 Å². The van der Waals surface area contributed by atoms with Crippen LogP contribution in [0.2, 0.25) is 0 Å². The number of hydrogen-bond donors (Lipinski definition) is 1. The second kappa shape index (κ2) is 4.82. The van der Waals surface area contributed by atoms with Gasteiger partial charge in [-0.2, -0.15) is 10.2 Å². The number of aromatic nitrogens is 4. The van der Waals surface area contributed by atoms with Crippen molar-refractivity contribution in [2.24, 2.45) is 0 Å². The molecule has 0 amide bonds. The van der Waals surface area contributed by atoms with E-state index in [1.165, 1.54) is 4.68 Å². The highest BCUT2D eigenvalue weighted by atomic mass is 16.1. The van der Waals surface area contributed by atoms with E-state index in [0.29, 0.717) is 12.4 Å². The number of nitrogens with zero attached hydrogens (tertiary/aromatic N) is 4. The maximum Gasteiger partial charge on any atom is 0.266 e. The quantitative estimate of drug-likeness (QED) is 0.830. The Balaban J connectivity index is 1.92. The van der Waals surface area contributed by atoms with Crippen LogP contribution in [0.3, 0.4) is 0 Å². The Hall–Kier alpha value is -2.11. The molecule has 0 fully saturated rings. The Morgan fingerprint density at radius 2 is 2.24 bits per heavy atom. The van der Waals surface area contributed by atoms with Crippen molar-refractivity contribution in [2.75, 3.05) is 5.73 Å². The Morgan fingerprint density at radius 1 is 1.41 bits per heavy atom. The molecule has 2 N–H and O–H groups in total. The molecule has 2 aromatic rings. The Bertz CT molecular complexity index is 557. The Kier molecular flexibility index (Phi) is 3.22. The number of nitrogen functional groups attached to an aromatic ring is 1. The lowest BCUT2D eigenvalue weighted by Gasteiger charge is -2.04. The third kappa shape index (κ3) is 2.93. The van der Waals surface area contributed by atoms with E-state index in [1.54, 1.807) is 23.0 Å². The summed E-state index contributed by atoms with van der Waals surface area (Å²) < 4.78 is 3.22. The van der Waals surface area contributed by atoms with Gasteiger partial charge in [-0.25, -0.2) is 4.68 Å². The predicted molar refractivity (Wildman–Crippen MR) is 64.5 cm³/mol. The van der Waals surface area contributed by atoms with Crippen LogP contribution in [0, 0.1) is 6.92 Å². The molecular weight excluding hydrogens is 218 g/mol. The first-order valence-electron chi connectivity index (χ1n) is 5.48. The summed E-state index contributed by atoms with van der Waals surface area (Å²) in [5, 5.41) is 8.13. The van der Waals surface area contributed by atoms with Gasteiger partial charge in [0.15, 0.2) is 0 Å². The fourth-order valence-electron chi connectivity index (χ4n) is 1.58. The molecule has 0 radical (unpaired) electrons. The number of anilines is 1. The van der Waals surface area contributed by atoms with E-state index in [2.05, 4.69) is 10.2 Å². The van der Waals surface area contributed by atoms with Gasteiger partial charge in [-0.15, -0.1) is 0 Å². The van der Waals surface area contributed by atoms with E-state index in [1.807, 2.05) is 13.1 Å². The fraction of sp³-hybridized carbons (Fsp3) is 0.364. The molecule has 0 aliphatic heterocycles. The molecule has 0 bridgehead atoms. The van der Waals surface area contributed by atoms with Crippen molar-refractivity contribution in [3.63, 3.8) is 0 Å². The summed E-state index contributed by atoms with van der Waals surface area (Å²) in [7, 11) is 0. The Labute approximate surface area is 98.7 Å². The van der Waals surface area contributed by atoms with Gasteiger partial charge >= 0.3 is 0 Å². The molecule has 0 aliphatic rings. The van der Waals surface area contributed by atoms with Gasteiger partial charge in [0.25, 0.3) is 5.56 Å². The van der Waals surface area contributed by atoms with Crippen LogP contribution in [0.4, 0.5) is 5.82 Å². The van der Waals surface area contributed by atoms with Gasteiger partial charge in [0, 0.05) is 25.4 Å². The zero-order valence-electron chi connectivity index (χ0n) is 9.71. The van der Waals surface area contributed by atoms with E-state index in [0.717, 1.165) is 18.5 Å². The number of hydrogen-bond acceptors (Lipinski definition) is 4. The zero-order chi connectivity index (χ0) is 12.3. The second-order valence-corrected chi connectivity index (χ2v) is 3.95. The van der Waals surface area contributed by atoms with Crippen LogP contribution < -0.4 is 11.3 Å². The van der Waals surface area contributed by atoms with Crippen LogP contribution in [0.25, 0.3) is 0 Å². The van der Waals surface area contributed by atoms with E-state index >= 15 is 0 Å². The lowest BCUT2D eigenvalue weighted by molar-refractivity contribution is 0.486. The van der Waals surface area contributed by atoms with Gasteiger partial charge in [-0.1, -0.05) is 0 Å². The highest BCUT2D eigenvalue weighted by molar-refractivity contribution is 5.23. The third-order valence-electron chi connectivity index (χ3n) is 2.42. The van der Waals surface area contributed by atoms with Crippen molar-refractivity contribution < 1.29 is 0 Å². The number of rotatable bonds is 4. The summed E-state index contributed by atoms with van der Waals surface area (Å²) in [5.41, 5.74) is 6.32. The monoisotopic (exact) mass is 233 g/mol. The van der Waals surface area contributed by atoms with E-state index < -0.39 is 0 Å². The van der Waals surface area contributed by atoms with Gasteiger partial charge in [0.1, 0.15) is 5.82 Å². The largest absolute Gasteiger partial charge is 0.382 e. The Morgan fingerprint density at radius 3 is 2.88 bits per heavy atom. The fourth-order valence-corrected chi connectivity index (χ4v) is 1.58. The first-order chi connectivity index (χ1) is 8.15. The number of aryl methyl sites for hydroxylation is 3. The standard InChI is InChI=1S/C11H15N5O/c1-9-7-11(17)16(13-8-9)5-2-4-15-6-3-10(12)14-15/h3,6-8H,2,4-5H2,1H3,(H2,12,14). The average Bonchev–Trinajstić information content (AvgIpc) is 2.68. The van der Waals surface area contributed by atoms with Crippen LogP contribution >= 0.6 is 0 Å². The van der Waals surface area contributed by atoms with Crippen molar-refractivity contribution in [3.05, 3.63) is 40.4 Å². The molecule has 0 spiro atoms. The molecule has 2 rings (SSSR count).